The first-order valence-electron chi connectivity index (χ1n) is 11.0. The Morgan fingerprint density at radius 2 is 1.87 bits per heavy atom. The molecule has 2 aliphatic rings. The Hall–Kier alpha value is -1.74. The lowest BCUT2D eigenvalue weighted by molar-refractivity contribution is -0.122. The van der Waals surface area contributed by atoms with Crippen molar-refractivity contribution in [1.82, 2.24) is 15.1 Å². The van der Waals surface area contributed by atoms with Gasteiger partial charge in [0.1, 0.15) is 4.32 Å². The fourth-order valence-electron chi connectivity index (χ4n) is 3.57. The van der Waals surface area contributed by atoms with Gasteiger partial charge in [-0.3, -0.25) is 19.4 Å². The van der Waals surface area contributed by atoms with Gasteiger partial charge in [0.05, 0.1) is 18.1 Å². The number of hydrogen-bond donors (Lipinski definition) is 1. The molecule has 2 fully saturated rings. The van der Waals surface area contributed by atoms with Crippen LogP contribution in [0.4, 0.5) is 0 Å². The molecule has 6 nitrogen and oxygen atoms in total. The molecule has 0 aromatic heterocycles. The second-order valence-electron chi connectivity index (χ2n) is 7.71. The Kier molecular flexibility index (Phi) is 9.99. The Morgan fingerprint density at radius 3 is 2.65 bits per heavy atom. The molecule has 0 aliphatic carbocycles. The molecule has 31 heavy (non-hydrogen) atoms. The fourth-order valence-corrected chi connectivity index (χ4v) is 4.88. The second-order valence-corrected chi connectivity index (χ2v) is 9.39. The standard InChI is InChI=1S/C23H31N3O3S2/c27-21(24-11-7-12-25-14-16-29-17-15-25)10-5-2-6-13-26-22(28)20(31-23(26)30)18-19-8-3-1-4-9-19/h1,3-4,8-9,18H,2,5-7,10-17H2,(H,24,27). The number of thiocarbonyl (C=S) groups is 1. The normalized spacial score (nSPS) is 18.7. The second kappa shape index (κ2) is 13.0. The maximum absolute atomic E-state index is 12.6. The van der Waals surface area contributed by atoms with E-state index < -0.39 is 0 Å². The molecule has 0 radical (unpaired) electrons. The number of nitrogens with one attached hydrogen (secondary N) is 1. The number of benzene rings is 1. The number of morpholine rings is 1. The van der Waals surface area contributed by atoms with Gasteiger partial charge >= 0.3 is 0 Å². The van der Waals surface area contributed by atoms with Crippen LogP contribution in [-0.2, 0) is 14.3 Å². The number of hydrogen-bond acceptors (Lipinski definition) is 6. The number of carbonyl (C=O) groups is 2. The Morgan fingerprint density at radius 1 is 1.10 bits per heavy atom. The van der Waals surface area contributed by atoms with Gasteiger partial charge in [-0.25, -0.2) is 0 Å². The summed E-state index contributed by atoms with van der Waals surface area (Å²) in [5, 5.41) is 3.00. The molecule has 0 bridgehead atoms. The molecule has 3 rings (SSSR count). The molecule has 0 saturated carbocycles. The molecule has 1 N–H and O–H groups in total. The van der Waals surface area contributed by atoms with Crippen molar-refractivity contribution in [1.29, 1.82) is 0 Å². The molecular formula is C23H31N3O3S2. The van der Waals surface area contributed by atoms with E-state index in [1.54, 1.807) is 4.90 Å². The van der Waals surface area contributed by atoms with Crippen molar-refractivity contribution in [2.24, 2.45) is 0 Å². The zero-order valence-electron chi connectivity index (χ0n) is 17.9. The molecule has 168 valence electrons. The lowest BCUT2D eigenvalue weighted by Gasteiger charge is -2.26. The van der Waals surface area contributed by atoms with Crippen LogP contribution in [0.15, 0.2) is 35.2 Å². The van der Waals surface area contributed by atoms with E-state index in [0.717, 1.165) is 70.6 Å². The monoisotopic (exact) mass is 461 g/mol. The quantitative estimate of drug-likeness (QED) is 0.310. The van der Waals surface area contributed by atoms with Crippen molar-refractivity contribution in [3.8, 4) is 0 Å². The highest BCUT2D eigenvalue weighted by Crippen LogP contribution is 2.32. The van der Waals surface area contributed by atoms with Gasteiger partial charge in [0.15, 0.2) is 0 Å². The molecule has 0 atom stereocenters. The van der Waals surface area contributed by atoms with Crippen molar-refractivity contribution in [3.05, 3.63) is 40.8 Å². The average molecular weight is 462 g/mol. The van der Waals surface area contributed by atoms with Crippen molar-refractivity contribution >= 4 is 46.2 Å². The summed E-state index contributed by atoms with van der Waals surface area (Å²) in [6.45, 7) is 5.93. The third-order valence-corrected chi connectivity index (χ3v) is 6.71. The summed E-state index contributed by atoms with van der Waals surface area (Å²) in [7, 11) is 0. The number of rotatable bonds is 11. The summed E-state index contributed by atoms with van der Waals surface area (Å²) in [4.78, 5) is 29.3. The predicted octanol–water partition coefficient (Wildman–Crippen LogP) is 3.29. The third-order valence-electron chi connectivity index (χ3n) is 5.33. The van der Waals surface area contributed by atoms with Gasteiger partial charge in [0, 0.05) is 32.6 Å². The molecule has 2 aliphatic heterocycles. The van der Waals surface area contributed by atoms with Gasteiger partial charge < -0.3 is 10.1 Å². The smallest absolute Gasteiger partial charge is 0.266 e. The Balaban J connectivity index is 1.26. The number of ether oxygens (including phenoxy) is 1. The summed E-state index contributed by atoms with van der Waals surface area (Å²) in [5.41, 5.74) is 0.999. The average Bonchev–Trinajstić information content (AvgIpc) is 3.05. The van der Waals surface area contributed by atoms with E-state index in [4.69, 9.17) is 17.0 Å². The SMILES string of the molecule is O=C(CCCCCN1C(=O)C(=Cc2ccccc2)SC1=S)NCCCN1CCOCC1. The third kappa shape index (κ3) is 8.03. The van der Waals surface area contributed by atoms with Gasteiger partial charge in [-0.2, -0.15) is 0 Å². The van der Waals surface area contributed by atoms with E-state index in [1.807, 2.05) is 36.4 Å². The number of unbranched alkanes of at least 4 members (excludes halogenated alkanes) is 2. The van der Waals surface area contributed by atoms with Crippen molar-refractivity contribution < 1.29 is 14.3 Å². The van der Waals surface area contributed by atoms with Gasteiger partial charge in [-0.15, -0.1) is 0 Å². The molecule has 0 unspecified atom stereocenters. The van der Waals surface area contributed by atoms with Crippen LogP contribution in [0.3, 0.4) is 0 Å². The van der Waals surface area contributed by atoms with Crippen LogP contribution >= 0.6 is 24.0 Å². The minimum Gasteiger partial charge on any atom is -0.379 e. The van der Waals surface area contributed by atoms with Crippen LogP contribution in [0.5, 0.6) is 0 Å². The maximum atomic E-state index is 12.6. The molecule has 2 heterocycles. The highest BCUT2D eigenvalue weighted by Gasteiger charge is 2.31. The molecule has 1 aromatic rings. The summed E-state index contributed by atoms with van der Waals surface area (Å²) >= 11 is 6.75. The van der Waals surface area contributed by atoms with Crippen molar-refractivity contribution in [3.63, 3.8) is 0 Å². The predicted molar refractivity (Wildman–Crippen MR) is 130 cm³/mol. The van der Waals surface area contributed by atoms with E-state index in [0.29, 0.717) is 22.2 Å². The van der Waals surface area contributed by atoms with Gasteiger partial charge in [-0.05, 0) is 37.4 Å². The molecular weight excluding hydrogens is 430 g/mol. The van der Waals surface area contributed by atoms with Gasteiger partial charge in [0.25, 0.3) is 5.91 Å². The van der Waals surface area contributed by atoms with Crippen LogP contribution in [0.2, 0.25) is 0 Å². The van der Waals surface area contributed by atoms with Gasteiger partial charge in [0.2, 0.25) is 5.91 Å². The van der Waals surface area contributed by atoms with E-state index >= 15 is 0 Å². The van der Waals surface area contributed by atoms with E-state index in [2.05, 4.69) is 10.2 Å². The largest absolute Gasteiger partial charge is 0.379 e. The Labute approximate surface area is 194 Å². The number of carbonyl (C=O) groups excluding carboxylic acids is 2. The number of thioether (sulfide) groups is 1. The first kappa shape index (κ1) is 23.9. The zero-order chi connectivity index (χ0) is 21.9. The lowest BCUT2D eigenvalue weighted by Crippen LogP contribution is -2.38. The lowest BCUT2D eigenvalue weighted by atomic mass is 10.1. The van der Waals surface area contributed by atoms with Gasteiger partial charge in [-0.1, -0.05) is 60.7 Å². The van der Waals surface area contributed by atoms with Crippen molar-refractivity contribution in [2.45, 2.75) is 32.1 Å². The number of amides is 2. The summed E-state index contributed by atoms with van der Waals surface area (Å²) < 4.78 is 5.95. The van der Waals surface area contributed by atoms with Crippen molar-refractivity contribution in [2.75, 3.05) is 45.9 Å². The summed E-state index contributed by atoms with van der Waals surface area (Å²) in [6, 6.07) is 9.80. The van der Waals surface area contributed by atoms with Crippen LogP contribution < -0.4 is 5.32 Å². The van der Waals surface area contributed by atoms with E-state index in [9.17, 15) is 9.59 Å². The molecule has 2 saturated heterocycles. The summed E-state index contributed by atoms with van der Waals surface area (Å²) in [5.74, 6) is 0.0928. The van der Waals surface area contributed by atoms with Crippen LogP contribution in [0, 0.1) is 0 Å². The topological polar surface area (TPSA) is 61.9 Å². The maximum Gasteiger partial charge on any atom is 0.266 e. The Bertz CT molecular complexity index is 780. The zero-order valence-corrected chi connectivity index (χ0v) is 19.5. The molecule has 2 amide bonds. The molecule has 8 heteroatoms. The van der Waals surface area contributed by atoms with Crippen LogP contribution in [0.1, 0.15) is 37.7 Å². The first-order chi connectivity index (χ1) is 15.1. The van der Waals surface area contributed by atoms with E-state index in [-0.39, 0.29) is 11.8 Å². The number of nitrogens with zero attached hydrogens (tertiary/aromatic N) is 2. The summed E-state index contributed by atoms with van der Waals surface area (Å²) in [6.07, 6.45) is 5.96. The van der Waals surface area contributed by atoms with E-state index in [1.165, 1.54) is 11.8 Å². The minimum atomic E-state index is -0.0168. The highest BCUT2D eigenvalue weighted by molar-refractivity contribution is 8.26. The minimum absolute atomic E-state index is 0.0168. The molecule has 1 aromatic carbocycles. The fraction of sp³-hybridized carbons (Fsp3) is 0.522. The molecule has 0 spiro atoms. The van der Waals surface area contributed by atoms with Crippen LogP contribution in [-0.4, -0.2) is 71.9 Å². The first-order valence-corrected chi connectivity index (χ1v) is 12.2. The highest BCUT2D eigenvalue weighted by atomic mass is 32.2. The van der Waals surface area contributed by atoms with Crippen LogP contribution in [0.25, 0.3) is 6.08 Å².